The van der Waals surface area contributed by atoms with Crippen LogP contribution in [0.25, 0.3) is 10.1 Å². The van der Waals surface area contributed by atoms with E-state index < -0.39 is 0 Å². The van der Waals surface area contributed by atoms with Crippen LogP contribution in [0.4, 0.5) is 0 Å². The van der Waals surface area contributed by atoms with Gasteiger partial charge >= 0.3 is 0 Å². The highest BCUT2D eigenvalue weighted by molar-refractivity contribution is 7.17. The fourth-order valence-corrected chi connectivity index (χ4v) is 6.32. The van der Waals surface area contributed by atoms with E-state index in [1.165, 1.54) is 34.9 Å². The van der Waals surface area contributed by atoms with Gasteiger partial charge in [-0.3, -0.25) is 0 Å². The third kappa shape index (κ3) is 1.34. The molecular weight excluding hydrogens is 250 g/mol. The average Bonchev–Trinajstić information content (AvgIpc) is 2.85. The van der Waals surface area contributed by atoms with Crippen molar-refractivity contribution in [3.05, 3.63) is 35.2 Å². The molecule has 0 aliphatic heterocycles. The van der Waals surface area contributed by atoms with Crippen LogP contribution in [0.5, 0.6) is 0 Å². The summed E-state index contributed by atoms with van der Waals surface area (Å²) in [7, 11) is 0. The molecule has 2 aromatic rings. The Kier molecular flexibility index (Phi) is 2.07. The summed E-state index contributed by atoms with van der Waals surface area (Å²) < 4.78 is 1.42. The van der Waals surface area contributed by atoms with Crippen LogP contribution in [0.3, 0.4) is 0 Å². The Morgan fingerprint density at radius 2 is 1.89 bits per heavy atom. The van der Waals surface area contributed by atoms with E-state index in [9.17, 15) is 0 Å². The van der Waals surface area contributed by atoms with Crippen molar-refractivity contribution < 1.29 is 0 Å². The minimum Gasteiger partial charge on any atom is -0.324 e. The van der Waals surface area contributed by atoms with E-state index in [-0.39, 0.29) is 6.04 Å². The molecule has 1 aromatic carbocycles. The van der Waals surface area contributed by atoms with Crippen molar-refractivity contribution in [3.63, 3.8) is 0 Å². The van der Waals surface area contributed by atoms with Gasteiger partial charge in [0.15, 0.2) is 0 Å². The molecule has 3 fully saturated rings. The number of nitrogens with two attached hydrogens (primary N) is 1. The average molecular weight is 269 g/mol. The SMILES string of the molecule is NC(c1cccc2ccsc12)C1C2C3CCC(C3)C21. The van der Waals surface area contributed by atoms with Crippen LogP contribution in [0.2, 0.25) is 0 Å². The second-order valence-corrected chi connectivity index (χ2v) is 7.69. The number of hydrogen-bond acceptors (Lipinski definition) is 2. The summed E-state index contributed by atoms with van der Waals surface area (Å²) in [5.74, 6) is 4.79. The van der Waals surface area contributed by atoms with Crippen LogP contribution in [0.1, 0.15) is 30.9 Å². The van der Waals surface area contributed by atoms with Crippen LogP contribution >= 0.6 is 11.3 Å². The Bertz CT molecular complexity index is 630. The van der Waals surface area contributed by atoms with Gasteiger partial charge in [0.25, 0.3) is 0 Å². The summed E-state index contributed by atoms with van der Waals surface area (Å²) in [5, 5.41) is 3.56. The second kappa shape index (κ2) is 3.62. The van der Waals surface area contributed by atoms with E-state index in [1.807, 2.05) is 11.3 Å². The molecule has 2 bridgehead atoms. The molecule has 5 atom stereocenters. The third-order valence-corrected chi connectivity index (χ3v) is 7.06. The first kappa shape index (κ1) is 10.9. The lowest BCUT2D eigenvalue weighted by Gasteiger charge is -2.17. The minimum atomic E-state index is 0.278. The zero-order valence-corrected chi connectivity index (χ0v) is 11.8. The molecule has 1 nitrogen and oxygen atoms in total. The molecule has 0 saturated heterocycles. The first-order valence-electron chi connectivity index (χ1n) is 7.56. The van der Waals surface area contributed by atoms with E-state index >= 15 is 0 Å². The van der Waals surface area contributed by atoms with Gasteiger partial charge in [-0.2, -0.15) is 0 Å². The maximum Gasteiger partial charge on any atom is 0.0390 e. The molecule has 3 saturated carbocycles. The van der Waals surface area contributed by atoms with Crippen molar-refractivity contribution >= 4 is 21.4 Å². The zero-order chi connectivity index (χ0) is 12.6. The summed E-state index contributed by atoms with van der Waals surface area (Å²) >= 11 is 1.85. The molecule has 0 spiro atoms. The summed E-state index contributed by atoms with van der Waals surface area (Å²) in [5.41, 5.74) is 8.08. The minimum absolute atomic E-state index is 0.278. The molecule has 0 radical (unpaired) electrons. The predicted octanol–water partition coefficient (Wildman–Crippen LogP) is 4.19. The van der Waals surface area contributed by atoms with E-state index in [0.717, 1.165) is 29.6 Å². The lowest BCUT2D eigenvalue weighted by atomic mass is 9.93. The van der Waals surface area contributed by atoms with Crippen LogP contribution in [-0.4, -0.2) is 0 Å². The van der Waals surface area contributed by atoms with Gasteiger partial charge < -0.3 is 5.73 Å². The molecule has 5 unspecified atom stereocenters. The van der Waals surface area contributed by atoms with Gasteiger partial charge in [0.1, 0.15) is 0 Å². The molecule has 3 aliphatic rings. The number of fused-ring (bicyclic) bond motifs is 6. The second-order valence-electron chi connectivity index (χ2n) is 6.78. The topological polar surface area (TPSA) is 26.0 Å². The highest BCUT2D eigenvalue weighted by Gasteiger charge is 2.66. The molecule has 5 rings (SSSR count). The van der Waals surface area contributed by atoms with Crippen molar-refractivity contribution in [2.24, 2.45) is 35.3 Å². The van der Waals surface area contributed by atoms with Crippen LogP contribution < -0.4 is 5.73 Å². The molecule has 19 heavy (non-hydrogen) atoms. The van der Waals surface area contributed by atoms with Crippen LogP contribution in [0, 0.1) is 29.6 Å². The third-order valence-electron chi connectivity index (χ3n) is 6.08. The van der Waals surface area contributed by atoms with Gasteiger partial charge in [-0.15, -0.1) is 11.3 Å². The Morgan fingerprint density at radius 1 is 1.11 bits per heavy atom. The predicted molar refractivity (Wildman–Crippen MR) is 80.1 cm³/mol. The first-order valence-corrected chi connectivity index (χ1v) is 8.44. The lowest BCUT2D eigenvalue weighted by molar-refractivity contribution is 0.419. The smallest absolute Gasteiger partial charge is 0.0390 e. The van der Waals surface area contributed by atoms with E-state index in [4.69, 9.17) is 5.73 Å². The largest absolute Gasteiger partial charge is 0.324 e. The van der Waals surface area contributed by atoms with E-state index in [1.54, 1.807) is 0 Å². The monoisotopic (exact) mass is 269 g/mol. The number of benzene rings is 1. The Hall–Kier alpha value is -0.860. The Balaban J connectivity index is 1.52. The van der Waals surface area contributed by atoms with Gasteiger partial charge in [0.2, 0.25) is 0 Å². The highest BCUT2D eigenvalue weighted by Crippen LogP contribution is 2.72. The fourth-order valence-electron chi connectivity index (χ4n) is 5.36. The van der Waals surface area contributed by atoms with Crippen LogP contribution in [0.15, 0.2) is 29.6 Å². The van der Waals surface area contributed by atoms with Gasteiger partial charge in [-0.05, 0) is 71.2 Å². The van der Waals surface area contributed by atoms with E-state index in [0.29, 0.717) is 0 Å². The van der Waals surface area contributed by atoms with Crippen molar-refractivity contribution in [2.45, 2.75) is 25.3 Å². The van der Waals surface area contributed by atoms with Crippen molar-refractivity contribution in [2.75, 3.05) is 0 Å². The normalized spacial score (nSPS) is 40.6. The number of hydrogen-bond donors (Lipinski definition) is 1. The molecule has 2 heteroatoms. The van der Waals surface area contributed by atoms with Gasteiger partial charge in [0.05, 0.1) is 0 Å². The molecule has 2 N–H and O–H groups in total. The summed E-state index contributed by atoms with van der Waals surface area (Å²) in [4.78, 5) is 0. The molecular formula is C17H19NS. The molecule has 1 heterocycles. The number of rotatable bonds is 2. The first-order chi connectivity index (χ1) is 9.34. The van der Waals surface area contributed by atoms with Crippen molar-refractivity contribution in [1.82, 2.24) is 0 Å². The lowest BCUT2D eigenvalue weighted by Crippen LogP contribution is -2.17. The van der Waals surface area contributed by atoms with Gasteiger partial charge in [0, 0.05) is 10.7 Å². The Labute approximate surface area is 117 Å². The zero-order valence-electron chi connectivity index (χ0n) is 11.0. The standard InChI is InChI=1S/C17H19NS/c18-16(12-3-1-2-9-6-7-19-17(9)12)15-13-10-4-5-11(8-10)14(13)15/h1-3,6-7,10-11,13-16H,4-5,8,18H2. The highest BCUT2D eigenvalue weighted by atomic mass is 32.1. The van der Waals surface area contributed by atoms with Crippen molar-refractivity contribution in [3.8, 4) is 0 Å². The summed E-state index contributed by atoms with van der Waals surface area (Å²) in [6, 6.07) is 9.14. The van der Waals surface area contributed by atoms with Gasteiger partial charge in [-0.1, -0.05) is 18.2 Å². The van der Waals surface area contributed by atoms with Gasteiger partial charge in [-0.25, -0.2) is 0 Å². The van der Waals surface area contributed by atoms with Crippen LogP contribution in [-0.2, 0) is 0 Å². The molecule has 1 aromatic heterocycles. The molecule has 3 aliphatic carbocycles. The maximum atomic E-state index is 6.67. The molecule has 0 amide bonds. The number of thiophene rings is 1. The van der Waals surface area contributed by atoms with Crippen molar-refractivity contribution in [1.29, 1.82) is 0 Å². The van der Waals surface area contributed by atoms with E-state index in [2.05, 4.69) is 29.6 Å². The fraction of sp³-hybridized carbons (Fsp3) is 0.529. The summed E-state index contributed by atoms with van der Waals surface area (Å²) in [6.07, 6.45) is 4.48. The maximum absolute atomic E-state index is 6.67. The molecule has 98 valence electrons. The quantitative estimate of drug-likeness (QED) is 0.869. The Morgan fingerprint density at radius 3 is 2.68 bits per heavy atom. The summed E-state index contributed by atoms with van der Waals surface area (Å²) in [6.45, 7) is 0.